The van der Waals surface area contributed by atoms with Gasteiger partial charge in [0, 0.05) is 25.7 Å². The van der Waals surface area contributed by atoms with Gasteiger partial charge in [-0.15, -0.1) is 0 Å². The molecule has 0 aromatic heterocycles. The lowest BCUT2D eigenvalue weighted by Crippen LogP contribution is -2.54. The minimum absolute atomic E-state index is 0.803. The number of hydrogen-bond acceptors (Lipinski definition) is 2. The third kappa shape index (κ3) is 3.95. The predicted molar refractivity (Wildman–Crippen MR) is 81.4 cm³/mol. The van der Waals surface area contributed by atoms with Gasteiger partial charge in [0.05, 0.1) is 0 Å². The van der Waals surface area contributed by atoms with Gasteiger partial charge in [0.15, 0.2) is 0 Å². The van der Waals surface area contributed by atoms with Crippen LogP contribution >= 0.6 is 0 Å². The maximum Gasteiger partial charge on any atom is 0.0223 e. The van der Waals surface area contributed by atoms with E-state index < -0.39 is 0 Å². The molecule has 1 N–H and O–H groups in total. The monoisotopic (exact) mass is 264 g/mol. The van der Waals surface area contributed by atoms with E-state index in [1.54, 1.807) is 0 Å². The Hall–Kier alpha value is -0.0800. The van der Waals surface area contributed by atoms with Gasteiger partial charge in [-0.1, -0.05) is 44.9 Å². The summed E-state index contributed by atoms with van der Waals surface area (Å²) in [6.07, 6.45) is 14.9. The van der Waals surface area contributed by atoms with Crippen LogP contribution in [0.4, 0.5) is 0 Å². The van der Waals surface area contributed by atoms with Crippen LogP contribution in [0.2, 0.25) is 0 Å². The molecule has 0 aromatic carbocycles. The molecule has 19 heavy (non-hydrogen) atoms. The maximum atomic E-state index is 3.81. The van der Waals surface area contributed by atoms with Gasteiger partial charge in [-0.05, 0) is 37.6 Å². The summed E-state index contributed by atoms with van der Waals surface area (Å²) in [6.45, 7) is 5.22. The van der Waals surface area contributed by atoms with Crippen LogP contribution < -0.4 is 5.32 Å². The molecule has 1 saturated heterocycles. The molecule has 1 aliphatic heterocycles. The fourth-order valence-corrected chi connectivity index (χ4v) is 4.56. The summed E-state index contributed by atoms with van der Waals surface area (Å²) < 4.78 is 0. The van der Waals surface area contributed by atoms with Gasteiger partial charge in [-0.2, -0.15) is 0 Å². The molecular formula is C17H32N2. The number of piperazine rings is 1. The summed E-state index contributed by atoms with van der Waals surface area (Å²) in [7, 11) is 0. The second-order valence-corrected chi connectivity index (χ2v) is 7.20. The van der Waals surface area contributed by atoms with E-state index in [1.165, 1.54) is 90.4 Å². The van der Waals surface area contributed by atoms with E-state index in [0.717, 1.165) is 17.9 Å². The minimum atomic E-state index is 0.803. The van der Waals surface area contributed by atoms with Crippen LogP contribution in [0.3, 0.4) is 0 Å². The molecule has 3 fully saturated rings. The lowest BCUT2D eigenvalue weighted by molar-refractivity contribution is 0.140. The Morgan fingerprint density at radius 3 is 2.42 bits per heavy atom. The highest BCUT2D eigenvalue weighted by atomic mass is 15.2. The topological polar surface area (TPSA) is 15.3 Å². The van der Waals surface area contributed by atoms with Crippen LogP contribution in [0.15, 0.2) is 0 Å². The minimum Gasteiger partial charge on any atom is -0.311 e. The Labute approximate surface area is 119 Å². The van der Waals surface area contributed by atoms with Gasteiger partial charge in [-0.25, -0.2) is 0 Å². The average Bonchev–Trinajstić information content (AvgIpc) is 3.00. The third-order valence-electron chi connectivity index (χ3n) is 5.84. The molecule has 2 saturated carbocycles. The first-order valence-corrected chi connectivity index (χ1v) is 8.87. The molecule has 0 bridgehead atoms. The van der Waals surface area contributed by atoms with E-state index in [-0.39, 0.29) is 0 Å². The standard InChI is InChI=1S/C17H32N2/c1-2-8-16(9-3-1)17-14-19(13-11-18-17)12-10-15-6-4-5-7-15/h15-18H,1-14H2. The molecule has 1 unspecified atom stereocenters. The van der Waals surface area contributed by atoms with E-state index in [1.807, 2.05) is 0 Å². The van der Waals surface area contributed by atoms with Crippen molar-refractivity contribution in [1.82, 2.24) is 10.2 Å². The number of nitrogens with zero attached hydrogens (tertiary/aromatic N) is 1. The zero-order valence-electron chi connectivity index (χ0n) is 12.6. The lowest BCUT2D eigenvalue weighted by Gasteiger charge is -2.39. The summed E-state index contributed by atoms with van der Waals surface area (Å²) in [4.78, 5) is 2.76. The van der Waals surface area contributed by atoms with Gasteiger partial charge in [0.25, 0.3) is 0 Å². The SMILES string of the molecule is C1CCC(C2CN(CCC3CCCC3)CCN2)CC1. The van der Waals surface area contributed by atoms with Crippen molar-refractivity contribution in [2.45, 2.75) is 70.3 Å². The molecule has 3 rings (SSSR count). The van der Waals surface area contributed by atoms with Gasteiger partial charge in [0.2, 0.25) is 0 Å². The fraction of sp³-hybridized carbons (Fsp3) is 1.00. The smallest absolute Gasteiger partial charge is 0.0223 e. The number of hydrogen-bond donors (Lipinski definition) is 1. The number of rotatable bonds is 4. The molecule has 110 valence electrons. The molecule has 0 aromatic rings. The summed E-state index contributed by atoms with van der Waals surface area (Å²) >= 11 is 0. The van der Waals surface area contributed by atoms with Crippen molar-refractivity contribution in [2.75, 3.05) is 26.2 Å². The zero-order chi connectivity index (χ0) is 12.9. The Bertz CT molecular complexity index is 254. The molecule has 2 heteroatoms. The van der Waals surface area contributed by atoms with E-state index in [2.05, 4.69) is 10.2 Å². The quantitative estimate of drug-likeness (QED) is 0.837. The third-order valence-corrected chi connectivity index (χ3v) is 5.84. The number of nitrogens with one attached hydrogen (secondary N) is 1. The van der Waals surface area contributed by atoms with Gasteiger partial charge in [-0.3, -0.25) is 0 Å². The fourth-order valence-electron chi connectivity index (χ4n) is 4.56. The Morgan fingerprint density at radius 2 is 1.63 bits per heavy atom. The van der Waals surface area contributed by atoms with Crippen LogP contribution in [-0.2, 0) is 0 Å². The lowest BCUT2D eigenvalue weighted by atomic mass is 9.83. The molecular weight excluding hydrogens is 232 g/mol. The Kier molecular flexibility index (Phi) is 5.17. The van der Waals surface area contributed by atoms with Crippen molar-refractivity contribution in [3.05, 3.63) is 0 Å². The van der Waals surface area contributed by atoms with Crippen LogP contribution in [-0.4, -0.2) is 37.1 Å². The predicted octanol–water partition coefficient (Wildman–Crippen LogP) is 3.42. The molecule has 3 aliphatic rings. The molecule has 0 radical (unpaired) electrons. The van der Waals surface area contributed by atoms with Crippen LogP contribution in [0.1, 0.15) is 64.2 Å². The summed E-state index contributed by atoms with van der Waals surface area (Å²) in [6, 6.07) is 0.803. The van der Waals surface area contributed by atoms with E-state index >= 15 is 0 Å². The van der Waals surface area contributed by atoms with E-state index in [4.69, 9.17) is 0 Å². The van der Waals surface area contributed by atoms with Gasteiger partial charge in [0.1, 0.15) is 0 Å². The van der Waals surface area contributed by atoms with Crippen molar-refractivity contribution in [1.29, 1.82) is 0 Å². The second kappa shape index (κ2) is 7.08. The second-order valence-electron chi connectivity index (χ2n) is 7.20. The van der Waals surface area contributed by atoms with Crippen molar-refractivity contribution < 1.29 is 0 Å². The first-order chi connectivity index (χ1) is 9.42. The molecule has 1 heterocycles. The Morgan fingerprint density at radius 1 is 0.895 bits per heavy atom. The highest BCUT2D eigenvalue weighted by molar-refractivity contribution is 4.86. The largest absolute Gasteiger partial charge is 0.311 e. The molecule has 0 spiro atoms. The van der Waals surface area contributed by atoms with Gasteiger partial charge >= 0.3 is 0 Å². The summed E-state index contributed by atoms with van der Waals surface area (Å²) in [5.41, 5.74) is 0. The van der Waals surface area contributed by atoms with Crippen LogP contribution in [0.25, 0.3) is 0 Å². The van der Waals surface area contributed by atoms with Crippen molar-refractivity contribution in [2.24, 2.45) is 11.8 Å². The first-order valence-electron chi connectivity index (χ1n) is 8.87. The summed E-state index contributed by atoms with van der Waals surface area (Å²) in [5.74, 6) is 2.03. The molecule has 1 atom stereocenters. The van der Waals surface area contributed by atoms with Crippen molar-refractivity contribution in [3.8, 4) is 0 Å². The molecule has 2 aliphatic carbocycles. The molecule has 2 nitrogen and oxygen atoms in total. The highest BCUT2D eigenvalue weighted by Gasteiger charge is 2.28. The Balaban J connectivity index is 1.41. The van der Waals surface area contributed by atoms with Crippen LogP contribution in [0.5, 0.6) is 0 Å². The normalized spacial score (nSPS) is 31.9. The van der Waals surface area contributed by atoms with E-state index in [0.29, 0.717) is 0 Å². The average molecular weight is 264 g/mol. The van der Waals surface area contributed by atoms with Crippen molar-refractivity contribution in [3.63, 3.8) is 0 Å². The van der Waals surface area contributed by atoms with Crippen molar-refractivity contribution >= 4 is 0 Å². The first kappa shape index (κ1) is 13.9. The maximum absolute atomic E-state index is 3.81. The van der Waals surface area contributed by atoms with Crippen LogP contribution in [0, 0.1) is 11.8 Å². The molecule has 0 amide bonds. The van der Waals surface area contributed by atoms with Gasteiger partial charge < -0.3 is 10.2 Å². The van der Waals surface area contributed by atoms with E-state index in [9.17, 15) is 0 Å². The highest BCUT2D eigenvalue weighted by Crippen LogP contribution is 2.29. The zero-order valence-corrected chi connectivity index (χ0v) is 12.6. The summed E-state index contributed by atoms with van der Waals surface area (Å²) in [5, 5.41) is 3.81.